The third kappa shape index (κ3) is 8.69. The number of hydrogen-bond donors (Lipinski definition) is 2. The molecule has 0 spiro atoms. The SMILES string of the molecule is CCOC1[C@@H](N)CC(=O)N1S(C)(=O)=O.C[C@H](C=O)CC(=O)NS(C)(=O)=O. The van der Waals surface area contributed by atoms with Crippen molar-refractivity contribution in [2.75, 3.05) is 19.1 Å². The zero-order chi connectivity index (χ0) is 20.7. The first-order valence-corrected chi connectivity index (χ1v) is 11.3. The number of rotatable bonds is 7. The number of hydrogen-bond acceptors (Lipinski definition) is 9. The number of nitrogens with one attached hydrogen (secondary N) is 1. The van der Waals surface area contributed by atoms with Crippen LogP contribution in [-0.2, 0) is 39.2 Å². The molecule has 1 unspecified atom stereocenters. The van der Waals surface area contributed by atoms with Crippen LogP contribution in [0, 0.1) is 5.92 Å². The van der Waals surface area contributed by atoms with E-state index in [-0.39, 0.29) is 12.8 Å². The minimum Gasteiger partial charge on any atom is -0.356 e. The van der Waals surface area contributed by atoms with Gasteiger partial charge in [0.05, 0.1) is 18.6 Å². The van der Waals surface area contributed by atoms with Crippen molar-refractivity contribution < 1.29 is 36.0 Å². The number of aldehydes is 1. The third-order valence-corrected chi connectivity index (χ3v) is 4.71. The van der Waals surface area contributed by atoms with E-state index in [2.05, 4.69) is 0 Å². The zero-order valence-electron chi connectivity index (χ0n) is 15.0. The highest BCUT2D eigenvalue weighted by Gasteiger charge is 2.43. The Hall–Kier alpha value is -1.57. The molecule has 3 N–H and O–H groups in total. The smallest absolute Gasteiger partial charge is 0.240 e. The standard InChI is InChI=1S/C7H14N2O4S.C6H11NO4S/c1-3-13-7-5(8)4-6(10)9(7)14(2,11)12;1-5(4-8)3-6(9)7-12(2,10)11/h5,7H,3-4,8H2,1-2H3;4-5H,3H2,1-2H3,(H,7,9)/t5-,7?;5-/m00/s1. The number of carbonyl (C=O) groups is 3. The molecule has 0 bridgehead atoms. The summed E-state index contributed by atoms with van der Waals surface area (Å²) in [7, 11) is -7.07. The molecule has 26 heavy (non-hydrogen) atoms. The fourth-order valence-electron chi connectivity index (χ4n) is 2.03. The van der Waals surface area contributed by atoms with Crippen LogP contribution >= 0.6 is 0 Å². The Balaban J connectivity index is 0.000000488. The van der Waals surface area contributed by atoms with Crippen molar-refractivity contribution >= 4 is 38.1 Å². The molecule has 0 aromatic carbocycles. The minimum atomic E-state index is -3.58. The van der Waals surface area contributed by atoms with Crippen molar-refractivity contribution in [2.45, 2.75) is 39.0 Å². The lowest BCUT2D eigenvalue weighted by Crippen LogP contribution is -2.45. The second-order valence-corrected chi connectivity index (χ2v) is 9.39. The molecule has 1 saturated heterocycles. The molecule has 13 heteroatoms. The summed E-state index contributed by atoms with van der Waals surface area (Å²) in [5.74, 6) is -1.61. The van der Waals surface area contributed by atoms with Gasteiger partial charge in [-0.2, -0.15) is 0 Å². The summed E-state index contributed by atoms with van der Waals surface area (Å²) >= 11 is 0. The van der Waals surface area contributed by atoms with Crippen LogP contribution in [0.2, 0.25) is 0 Å². The van der Waals surface area contributed by atoms with E-state index in [0.29, 0.717) is 12.9 Å². The Morgan fingerprint density at radius 1 is 1.38 bits per heavy atom. The first-order valence-electron chi connectivity index (χ1n) is 7.58. The average molecular weight is 415 g/mol. The van der Waals surface area contributed by atoms with E-state index < -0.39 is 50.0 Å². The van der Waals surface area contributed by atoms with E-state index in [9.17, 15) is 31.2 Å². The number of sulfonamides is 2. The molecule has 11 nitrogen and oxygen atoms in total. The molecule has 1 rings (SSSR count). The lowest BCUT2D eigenvalue weighted by Gasteiger charge is -2.23. The molecule has 0 aromatic rings. The summed E-state index contributed by atoms with van der Waals surface area (Å²) < 4.78 is 51.1. The quantitative estimate of drug-likeness (QED) is 0.453. The summed E-state index contributed by atoms with van der Waals surface area (Å²) in [6.45, 7) is 3.57. The number of carbonyl (C=O) groups excluding carboxylic acids is 3. The maximum Gasteiger partial charge on any atom is 0.240 e. The van der Waals surface area contributed by atoms with Gasteiger partial charge >= 0.3 is 0 Å². The molecule has 152 valence electrons. The Morgan fingerprint density at radius 2 is 1.92 bits per heavy atom. The van der Waals surface area contributed by atoms with Crippen LogP contribution in [-0.4, -0.2) is 70.6 Å². The van der Waals surface area contributed by atoms with E-state index in [1.165, 1.54) is 6.92 Å². The highest BCUT2D eigenvalue weighted by molar-refractivity contribution is 7.89. The van der Waals surface area contributed by atoms with Gasteiger partial charge in [0, 0.05) is 25.4 Å². The van der Waals surface area contributed by atoms with Gasteiger partial charge in [-0.25, -0.2) is 21.1 Å². The topological polar surface area (TPSA) is 170 Å². The van der Waals surface area contributed by atoms with Crippen molar-refractivity contribution in [1.29, 1.82) is 0 Å². The highest BCUT2D eigenvalue weighted by Crippen LogP contribution is 2.21. The fourth-order valence-corrected chi connectivity index (χ4v) is 3.57. The summed E-state index contributed by atoms with van der Waals surface area (Å²) in [6.07, 6.45) is 1.52. The molecule has 3 atom stereocenters. The Morgan fingerprint density at radius 3 is 2.31 bits per heavy atom. The van der Waals surface area contributed by atoms with Gasteiger partial charge in [-0.3, -0.25) is 14.3 Å². The number of amides is 2. The lowest BCUT2D eigenvalue weighted by atomic mass is 10.1. The van der Waals surface area contributed by atoms with Crippen LogP contribution < -0.4 is 10.5 Å². The van der Waals surface area contributed by atoms with Crippen LogP contribution in [0.25, 0.3) is 0 Å². The van der Waals surface area contributed by atoms with Crippen molar-refractivity contribution in [3.8, 4) is 0 Å². The van der Waals surface area contributed by atoms with E-state index >= 15 is 0 Å². The second kappa shape index (κ2) is 9.94. The maximum absolute atomic E-state index is 11.3. The fraction of sp³-hybridized carbons (Fsp3) is 0.769. The number of ether oxygens (including phenoxy) is 1. The first-order chi connectivity index (χ1) is 11.7. The Bertz CT molecular complexity index is 720. The van der Waals surface area contributed by atoms with E-state index in [1.54, 1.807) is 11.6 Å². The van der Waals surface area contributed by atoms with E-state index in [1.807, 2.05) is 0 Å². The van der Waals surface area contributed by atoms with Gasteiger partial charge in [0.2, 0.25) is 31.9 Å². The van der Waals surface area contributed by atoms with Crippen molar-refractivity contribution in [3.05, 3.63) is 0 Å². The lowest BCUT2D eigenvalue weighted by molar-refractivity contribution is -0.128. The molecule has 1 heterocycles. The predicted molar refractivity (Wildman–Crippen MR) is 92.5 cm³/mol. The van der Waals surface area contributed by atoms with Gasteiger partial charge in [-0.1, -0.05) is 6.92 Å². The zero-order valence-corrected chi connectivity index (χ0v) is 16.7. The van der Waals surface area contributed by atoms with Gasteiger partial charge in [0.15, 0.2) is 6.23 Å². The summed E-state index contributed by atoms with van der Waals surface area (Å²) in [5, 5.41) is 0. The Labute approximate surface area is 153 Å². The largest absolute Gasteiger partial charge is 0.356 e. The molecule has 0 aliphatic carbocycles. The third-order valence-electron chi connectivity index (χ3n) is 2.99. The molecular weight excluding hydrogens is 390 g/mol. The summed E-state index contributed by atoms with van der Waals surface area (Å²) in [4.78, 5) is 32.2. The second-order valence-electron chi connectivity index (χ2n) is 5.78. The van der Waals surface area contributed by atoms with Crippen molar-refractivity contribution in [3.63, 3.8) is 0 Å². The highest BCUT2D eigenvalue weighted by atomic mass is 32.2. The molecule has 0 saturated carbocycles. The van der Waals surface area contributed by atoms with Crippen molar-refractivity contribution in [1.82, 2.24) is 9.03 Å². The molecule has 0 radical (unpaired) electrons. The van der Waals surface area contributed by atoms with E-state index in [0.717, 1.165) is 16.8 Å². The average Bonchev–Trinajstić information content (AvgIpc) is 2.71. The van der Waals surface area contributed by atoms with E-state index in [4.69, 9.17) is 10.5 Å². The van der Waals surface area contributed by atoms with Gasteiger partial charge < -0.3 is 15.3 Å². The van der Waals surface area contributed by atoms with Crippen LogP contribution in [0.3, 0.4) is 0 Å². The monoisotopic (exact) mass is 415 g/mol. The minimum absolute atomic E-state index is 0.0116. The Kier molecular flexibility index (Phi) is 9.34. The van der Waals surface area contributed by atoms with Crippen LogP contribution in [0.15, 0.2) is 0 Å². The summed E-state index contributed by atoms with van der Waals surface area (Å²) in [6, 6.07) is -0.572. The van der Waals surface area contributed by atoms with Crippen molar-refractivity contribution in [2.24, 2.45) is 11.7 Å². The molecule has 1 fully saturated rings. The normalized spacial score (nSPS) is 21.6. The van der Waals surface area contributed by atoms with Gasteiger partial charge in [-0.05, 0) is 6.92 Å². The van der Waals surface area contributed by atoms with Crippen LogP contribution in [0.5, 0.6) is 0 Å². The maximum atomic E-state index is 11.3. The number of nitrogens with two attached hydrogens (primary N) is 1. The molecule has 1 aliphatic rings. The first kappa shape index (κ1) is 24.4. The molecule has 1 aliphatic heterocycles. The molecular formula is C13H25N3O8S2. The predicted octanol–water partition coefficient (Wildman–Crippen LogP) is -1.84. The van der Waals surface area contributed by atoms with Gasteiger partial charge in [-0.15, -0.1) is 0 Å². The van der Waals surface area contributed by atoms with Crippen LogP contribution in [0.1, 0.15) is 26.7 Å². The molecule has 2 amide bonds. The van der Waals surface area contributed by atoms with Gasteiger partial charge in [0.1, 0.15) is 6.29 Å². The summed E-state index contributed by atoms with van der Waals surface area (Å²) in [5.41, 5.74) is 5.59. The molecule has 0 aromatic heterocycles. The van der Waals surface area contributed by atoms with Crippen LogP contribution in [0.4, 0.5) is 0 Å². The number of nitrogens with zero attached hydrogens (tertiary/aromatic N) is 1. The van der Waals surface area contributed by atoms with Gasteiger partial charge in [0.25, 0.3) is 0 Å².